The van der Waals surface area contributed by atoms with Crippen LogP contribution >= 0.6 is 15.9 Å². The lowest BCUT2D eigenvalue weighted by molar-refractivity contribution is 0.0452. The lowest BCUT2D eigenvalue weighted by Crippen LogP contribution is -2.39. The van der Waals surface area contributed by atoms with Gasteiger partial charge in [-0.1, -0.05) is 28.8 Å². The van der Waals surface area contributed by atoms with Gasteiger partial charge in [-0.05, 0) is 38.0 Å². The summed E-state index contributed by atoms with van der Waals surface area (Å²) in [6, 6.07) is 4.83. The smallest absolute Gasteiger partial charge is 0.128 e. The molecule has 0 amide bonds. The molecule has 1 aromatic rings. The summed E-state index contributed by atoms with van der Waals surface area (Å²) in [6.45, 7) is 2.45. The molecular formula is C14H19BrFNO. The lowest BCUT2D eigenvalue weighted by Gasteiger charge is -2.25. The molecular weight excluding hydrogens is 297 g/mol. The van der Waals surface area contributed by atoms with Crippen LogP contribution in [0.2, 0.25) is 0 Å². The zero-order valence-electron chi connectivity index (χ0n) is 10.5. The van der Waals surface area contributed by atoms with Crippen LogP contribution in [0.3, 0.4) is 0 Å². The average molecular weight is 316 g/mol. The Bertz CT molecular complexity index is 418. The first-order valence-electron chi connectivity index (χ1n) is 6.41. The highest BCUT2D eigenvalue weighted by atomic mass is 79.9. The van der Waals surface area contributed by atoms with Gasteiger partial charge in [-0.25, -0.2) is 4.39 Å². The highest BCUT2D eigenvalue weighted by molar-refractivity contribution is 9.10. The normalized spacial score (nSPS) is 20.0. The molecule has 2 nitrogen and oxygen atoms in total. The zero-order valence-corrected chi connectivity index (χ0v) is 12.1. The molecule has 4 heteroatoms. The van der Waals surface area contributed by atoms with Gasteiger partial charge in [0.1, 0.15) is 5.82 Å². The fourth-order valence-corrected chi connectivity index (χ4v) is 2.89. The summed E-state index contributed by atoms with van der Waals surface area (Å²) in [5.41, 5.74) is 0.0301. The van der Waals surface area contributed by atoms with Gasteiger partial charge in [0.2, 0.25) is 0 Å². The van der Waals surface area contributed by atoms with Crippen molar-refractivity contribution in [1.82, 2.24) is 5.32 Å². The summed E-state index contributed by atoms with van der Waals surface area (Å²) in [7, 11) is 0. The van der Waals surface area contributed by atoms with Crippen LogP contribution in [0.4, 0.5) is 4.39 Å². The van der Waals surface area contributed by atoms with E-state index in [4.69, 9.17) is 0 Å². The van der Waals surface area contributed by atoms with E-state index in [1.165, 1.54) is 6.07 Å². The van der Waals surface area contributed by atoms with Crippen LogP contribution in [-0.4, -0.2) is 17.3 Å². The van der Waals surface area contributed by atoms with Gasteiger partial charge in [0, 0.05) is 22.6 Å². The maximum Gasteiger partial charge on any atom is 0.128 e. The molecule has 2 N–H and O–H groups in total. The van der Waals surface area contributed by atoms with E-state index in [1.807, 2.05) is 6.92 Å². The van der Waals surface area contributed by atoms with E-state index in [0.29, 0.717) is 12.1 Å². The van der Waals surface area contributed by atoms with Gasteiger partial charge in [0.05, 0.1) is 5.60 Å². The molecule has 1 aliphatic rings. The maximum atomic E-state index is 13.7. The Kier molecular flexibility index (Phi) is 4.41. The Morgan fingerprint density at radius 1 is 1.44 bits per heavy atom. The Hall–Kier alpha value is -0.450. The average Bonchev–Trinajstić information content (AvgIpc) is 2.77. The quantitative estimate of drug-likeness (QED) is 0.890. The minimum atomic E-state index is -0.600. The van der Waals surface area contributed by atoms with Gasteiger partial charge < -0.3 is 10.4 Å². The van der Waals surface area contributed by atoms with Crippen LogP contribution in [0.1, 0.15) is 44.2 Å². The molecule has 0 heterocycles. The fourth-order valence-electron chi connectivity index (χ4n) is 2.51. The van der Waals surface area contributed by atoms with Crippen LogP contribution in [-0.2, 0) is 0 Å². The molecule has 0 radical (unpaired) electrons. The van der Waals surface area contributed by atoms with E-state index in [-0.39, 0.29) is 11.9 Å². The third-order valence-electron chi connectivity index (χ3n) is 3.70. The summed E-state index contributed by atoms with van der Waals surface area (Å²) in [4.78, 5) is 0. The minimum absolute atomic E-state index is 0.105. The molecule has 1 aromatic carbocycles. The molecule has 18 heavy (non-hydrogen) atoms. The van der Waals surface area contributed by atoms with E-state index in [9.17, 15) is 9.50 Å². The van der Waals surface area contributed by atoms with Gasteiger partial charge >= 0.3 is 0 Å². The second-order valence-electron chi connectivity index (χ2n) is 5.20. The van der Waals surface area contributed by atoms with Crippen molar-refractivity contribution < 1.29 is 9.50 Å². The highest BCUT2D eigenvalue weighted by Gasteiger charge is 2.31. The van der Waals surface area contributed by atoms with Crippen molar-refractivity contribution >= 4 is 15.9 Å². The number of rotatable bonds is 4. The fraction of sp³-hybridized carbons (Fsp3) is 0.571. The van der Waals surface area contributed by atoms with E-state index in [2.05, 4.69) is 21.2 Å². The van der Waals surface area contributed by atoms with Gasteiger partial charge in [0.15, 0.2) is 0 Å². The maximum absolute atomic E-state index is 13.7. The molecule has 1 aliphatic carbocycles. The predicted molar refractivity (Wildman–Crippen MR) is 73.9 cm³/mol. The Morgan fingerprint density at radius 2 is 2.11 bits per heavy atom. The van der Waals surface area contributed by atoms with Crippen molar-refractivity contribution in [2.75, 3.05) is 6.54 Å². The molecule has 1 unspecified atom stereocenters. The number of hydrogen-bond donors (Lipinski definition) is 2. The Labute approximate surface area is 116 Å². The SMILES string of the molecule is CC(NCC1(O)CCCC1)c1cc(Br)ccc1F. The number of halogens is 2. The second-order valence-corrected chi connectivity index (χ2v) is 6.12. The highest BCUT2D eigenvalue weighted by Crippen LogP contribution is 2.29. The second kappa shape index (κ2) is 5.68. The first-order valence-corrected chi connectivity index (χ1v) is 7.20. The molecule has 2 rings (SSSR count). The summed E-state index contributed by atoms with van der Waals surface area (Å²) < 4.78 is 14.6. The van der Waals surface area contributed by atoms with Crippen molar-refractivity contribution in [1.29, 1.82) is 0 Å². The van der Waals surface area contributed by atoms with Crippen molar-refractivity contribution in [3.8, 4) is 0 Å². The Balaban J connectivity index is 1.99. The third-order valence-corrected chi connectivity index (χ3v) is 4.19. The van der Waals surface area contributed by atoms with Gasteiger partial charge in [-0.15, -0.1) is 0 Å². The van der Waals surface area contributed by atoms with Crippen LogP contribution in [0.15, 0.2) is 22.7 Å². The number of aliphatic hydroxyl groups is 1. The van der Waals surface area contributed by atoms with Crippen molar-refractivity contribution in [2.24, 2.45) is 0 Å². The van der Waals surface area contributed by atoms with Crippen LogP contribution in [0.5, 0.6) is 0 Å². The third kappa shape index (κ3) is 3.31. The molecule has 0 aliphatic heterocycles. The molecule has 1 fully saturated rings. The molecule has 1 saturated carbocycles. The van der Waals surface area contributed by atoms with Crippen LogP contribution in [0, 0.1) is 5.82 Å². The predicted octanol–water partition coefficient (Wildman–Crippen LogP) is 3.54. The van der Waals surface area contributed by atoms with Crippen LogP contribution < -0.4 is 5.32 Å². The monoisotopic (exact) mass is 315 g/mol. The number of hydrogen-bond acceptors (Lipinski definition) is 2. The first-order chi connectivity index (χ1) is 8.50. The van der Waals surface area contributed by atoms with E-state index in [0.717, 1.165) is 30.2 Å². The summed E-state index contributed by atoms with van der Waals surface area (Å²) in [6.07, 6.45) is 3.84. The van der Waals surface area contributed by atoms with Crippen molar-refractivity contribution in [3.05, 3.63) is 34.1 Å². The molecule has 1 atom stereocenters. The molecule has 0 aromatic heterocycles. The van der Waals surface area contributed by atoms with Gasteiger partial charge in [0.25, 0.3) is 0 Å². The van der Waals surface area contributed by atoms with E-state index < -0.39 is 5.60 Å². The minimum Gasteiger partial charge on any atom is -0.389 e. The van der Waals surface area contributed by atoms with Gasteiger partial charge in [-0.3, -0.25) is 0 Å². The summed E-state index contributed by atoms with van der Waals surface area (Å²) >= 11 is 3.35. The largest absolute Gasteiger partial charge is 0.389 e. The number of nitrogens with one attached hydrogen (secondary N) is 1. The molecule has 0 spiro atoms. The van der Waals surface area contributed by atoms with E-state index in [1.54, 1.807) is 12.1 Å². The van der Waals surface area contributed by atoms with Gasteiger partial charge in [-0.2, -0.15) is 0 Å². The van der Waals surface area contributed by atoms with Crippen molar-refractivity contribution in [2.45, 2.75) is 44.2 Å². The van der Waals surface area contributed by atoms with Crippen LogP contribution in [0.25, 0.3) is 0 Å². The zero-order chi connectivity index (χ0) is 13.2. The standard InChI is InChI=1S/C14H19BrFNO/c1-10(12-8-11(15)4-5-13(12)16)17-9-14(18)6-2-3-7-14/h4-5,8,10,17-18H,2-3,6-7,9H2,1H3. The molecule has 0 saturated heterocycles. The summed E-state index contributed by atoms with van der Waals surface area (Å²) in [5, 5.41) is 13.5. The summed E-state index contributed by atoms with van der Waals surface area (Å²) in [5.74, 6) is -0.211. The molecule has 0 bridgehead atoms. The first kappa shape index (κ1) is 14.0. The molecule has 100 valence electrons. The Morgan fingerprint density at radius 3 is 2.78 bits per heavy atom. The number of benzene rings is 1. The topological polar surface area (TPSA) is 32.3 Å². The van der Waals surface area contributed by atoms with E-state index >= 15 is 0 Å². The van der Waals surface area contributed by atoms with Crippen molar-refractivity contribution in [3.63, 3.8) is 0 Å². The lowest BCUT2D eigenvalue weighted by atomic mass is 10.0.